The third-order valence-electron chi connectivity index (χ3n) is 12.8. The lowest BCUT2D eigenvalue weighted by atomic mass is 9.97. The van der Waals surface area contributed by atoms with E-state index in [4.69, 9.17) is 4.42 Å². The molecular weight excluding hydrogens is 797 g/mol. The Kier molecular flexibility index (Phi) is 8.40. The summed E-state index contributed by atoms with van der Waals surface area (Å²) >= 11 is 1.87. The molecule has 13 rings (SSSR count). The molecule has 10 aromatic carbocycles. The summed E-state index contributed by atoms with van der Waals surface area (Å²) in [6, 6.07) is 83.3. The Balaban J connectivity index is 1.02. The van der Waals surface area contributed by atoms with Gasteiger partial charge in [0.2, 0.25) is 0 Å². The summed E-state index contributed by atoms with van der Waals surface area (Å²) in [6.07, 6.45) is 0. The number of hydrogen-bond acceptors (Lipinski definition) is 3. The molecule has 0 bridgehead atoms. The van der Waals surface area contributed by atoms with Crippen LogP contribution in [-0.2, 0) is 0 Å². The van der Waals surface area contributed by atoms with Crippen LogP contribution in [0.2, 0.25) is 0 Å². The van der Waals surface area contributed by atoms with Crippen LogP contribution in [0.4, 0.5) is 17.1 Å². The third kappa shape index (κ3) is 5.73. The standard InChI is InChI=1S/C60H38N2OS/c1-2-15-39(16-3-1)40-29-33-43(34-30-40)62(54-26-11-6-19-47(54)49-22-14-23-50-48-20-7-12-27-56(48)63-59(49)50)55-38-37-44(60-58(55)51-21-8-13-28-57(51)64-60)41-31-35-42(36-32-41)61-52-24-9-4-17-45(52)46-18-5-10-25-53(46)61/h1-38H. The lowest BCUT2D eigenvalue weighted by molar-refractivity contribution is 0.670. The number of thiophene rings is 1. The van der Waals surface area contributed by atoms with E-state index in [0.29, 0.717) is 0 Å². The summed E-state index contributed by atoms with van der Waals surface area (Å²) in [5.74, 6) is 0. The van der Waals surface area contributed by atoms with E-state index >= 15 is 0 Å². The van der Waals surface area contributed by atoms with E-state index in [1.807, 2.05) is 17.4 Å². The molecule has 0 radical (unpaired) electrons. The molecular formula is C60H38N2OS. The van der Waals surface area contributed by atoms with Gasteiger partial charge in [0, 0.05) is 64.2 Å². The van der Waals surface area contributed by atoms with Gasteiger partial charge in [0.15, 0.2) is 0 Å². The van der Waals surface area contributed by atoms with E-state index in [2.05, 4.69) is 234 Å². The molecule has 0 aliphatic heterocycles. The second kappa shape index (κ2) is 14.7. The predicted octanol–water partition coefficient (Wildman–Crippen LogP) is 17.5. The zero-order chi connectivity index (χ0) is 42.1. The molecule has 0 fully saturated rings. The van der Waals surface area contributed by atoms with E-state index in [1.54, 1.807) is 0 Å². The smallest absolute Gasteiger partial charge is 0.143 e. The van der Waals surface area contributed by atoms with Crippen LogP contribution in [0.3, 0.4) is 0 Å². The first-order valence-corrected chi connectivity index (χ1v) is 22.6. The highest BCUT2D eigenvalue weighted by molar-refractivity contribution is 7.26. The van der Waals surface area contributed by atoms with Crippen molar-refractivity contribution in [2.24, 2.45) is 0 Å². The van der Waals surface area contributed by atoms with Crippen LogP contribution in [0.25, 0.3) is 103 Å². The number of furan rings is 1. The van der Waals surface area contributed by atoms with E-state index in [0.717, 1.165) is 55.8 Å². The Hall–Kier alpha value is -8.18. The van der Waals surface area contributed by atoms with Crippen LogP contribution in [0.1, 0.15) is 0 Å². The highest BCUT2D eigenvalue weighted by Gasteiger charge is 2.25. The van der Waals surface area contributed by atoms with Crippen molar-refractivity contribution in [1.29, 1.82) is 0 Å². The molecule has 300 valence electrons. The van der Waals surface area contributed by atoms with Crippen molar-refractivity contribution in [3.63, 3.8) is 0 Å². The highest BCUT2D eigenvalue weighted by atomic mass is 32.1. The molecule has 0 unspecified atom stereocenters. The number of para-hydroxylation sites is 5. The third-order valence-corrected chi connectivity index (χ3v) is 14.0. The second-order valence-corrected chi connectivity index (χ2v) is 17.4. The lowest BCUT2D eigenvalue weighted by Crippen LogP contribution is -2.11. The number of benzene rings is 10. The fourth-order valence-electron chi connectivity index (χ4n) is 9.91. The summed E-state index contributed by atoms with van der Waals surface area (Å²) in [7, 11) is 0. The van der Waals surface area contributed by atoms with Gasteiger partial charge in [0.05, 0.1) is 22.4 Å². The first-order valence-electron chi connectivity index (χ1n) is 21.8. The van der Waals surface area contributed by atoms with E-state index in [-0.39, 0.29) is 0 Å². The average Bonchev–Trinajstić information content (AvgIpc) is 4.05. The predicted molar refractivity (Wildman–Crippen MR) is 272 cm³/mol. The fourth-order valence-corrected chi connectivity index (χ4v) is 11.2. The first-order chi connectivity index (χ1) is 31.8. The monoisotopic (exact) mass is 834 g/mol. The summed E-state index contributed by atoms with van der Waals surface area (Å²) in [5, 5.41) is 7.23. The molecule has 0 saturated heterocycles. The number of aromatic nitrogens is 1. The van der Waals surface area contributed by atoms with Crippen molar-refractivity contribution in [1.82, 2.24) is 4.57 Å². The zero-order valence-electron chi connectivity index (χ0n) is 34.7. The Morgan fingerprint density at radius 1 is 0.375 bits per heavy atom. The second-order valence-electron chi connectivity index (χ2n) is 16.4. The van der Waals surface area contributed by atoms with Gasteiger partial charge in [-0.15, -0.1) is 11.3 Å². The summed E-state index contributed by atoms with van der Waals surface area (Å²) in [5.41, 5.74) is 15.5. The van der Waals surface area contributed by atoms with Gasteiger partial charge >= 0.3 is 0 Å². The quantitative estimate of drug-likeness (QED) is 0.159. The molecule has 4 heteroatoms. The SMILES string of the molecule is c1ccc(-c2ccc(N(c3ccccc3-c3cccc4c3oc3ccccc34)c3ccc(-c4ccc(-n5c6ccccc6c6ccccc65)cc4)c4sc5ccccc5c34)cc2)cc1. The van der Waals surface area contributed by atoms with Gasteiger partial charge in [-0.2, -0.15) is 0 Å². The van der Waals surface area contributed by atoms with Gasteiger partial charge in [0.1, 0.15) is 11.2 Å². The van der Waals surface area contributed by atoms with Crippen molar-refractivity contribution < 1.29 is 4.42 Å². The van der Waals surface area contributed by atoms with E-state index in [9.17, 15) is 0 Å². The zero-order valence-corrected chi connectivity index (χ0v) is 35.5. The van der Waals surface area contributed by atoms with Gasteiger partial charge < -0.3 is 13.9 Å². The van der Waals surface area contributed by atoms with Gasteiger partial charge in [-0.3, -0.25) is 0 Å². The Morgan fingerprint density at radius 2 is 0.969 bits per heavy atom. The van der Waals surface area contributed by atoms with Crippen molar-refractivity contribution in [2.75, 3.05) is 4.90 Å². The minimum atomic E-state index is 0.890. The maximum atomic E-state index is 6.68. The minimum absolute atomic E-state index is 0.890. The normalized spacial score (nSPS) is 11.8. The molecule has 64 heavy (non-hydrogen) atoms. The molecule has 0 spiro atoms. The molecule has 0 aliphatic carbocycles. The Morgan fingerprint density at radius 3 is 1.75 bits per heavy atom. The maximum absolute atomic E-state index is 6.68. The van der Waals surface area contributed by atoms with E-state index in [1.165, 1.54) is 64.2 Å². The van der Waals surface area contributed by atoms with Crippen LogP contribution in [-0.4, -0.2) is 4.57 Å². The lowest BCUT2D eigenvalue weighted by Gasteiger charge is -2.29. The van der Waals surface area contributed by atoms with Gasteiger partial charge in [0.25, 0.3) is 0 Å². The number of rotatable bonds is 7. The molecule has 0 amide bonds. The minimum Gasteiger partial charge on any atom is -0.455 e. The Labute approximate surface area is 373 Å². The summed E-state index contributed by atoms with van der Waals surface area (Å²) in [6.45, 7) is 0. The average molecular weight is 835 g/mol. The van der Waals surface area contributed by atoms with Gasteiger partial charge in [-0.1, -0.05) is 170 Å². The van der Waals surface area contributed by atoms with Crippen molar-refractivity contribution >= 4 is 92.3 Å². The van der Waals surface area contributed by atoms with Crippen LogP contribution >= 0.6 is 11.3 Å². The number of fused-ring (bicyclic) bond motifs is 9. The van der Waals surface area contributed by atoms with Crippen LogP contribution in [0.5, 0.6) is 0 Å². The molecule has 0 atom stereocenters. The van der Waals surface area contributed by atoms with Gasteiger partial charge in [-0.05, 0) is 82.9 Å². The molecule has 3 nitrogen and oxygen atoms in total. The van der Waals surface area contributed by atoms with Gasteiger partial charge in [-0.25, -0.2) is 0 Å². The fraction of sp³-hybridized carbons (Fsp3) is 0. The van der Waals surface area contributed by atoms with Crippen LogP contribution in [0, 0.1) is 0 Å². The highest BCUT2D eigenvalue weighted by Crippen LogP contribution is 2.51. The first kappa shape index (κ1) is 36.5. The Bertz CT molecular complexity index is 3840. The molecule has 0 N–H and O–H groups in total. The number of anilines is 3. The topological polar surface area (TPSA) is 21.3 Å². The molecule has 13 aromatic rings. The van der Waals surface area contributed by atoms with Crippen molar-refractivity contribution in [3.05, 3.63) is 231 Å². The van der Waals surface area contributed by atoms with Crippen LogP contribution < -0.4 is 4.90 Å². The molecule has 0 aliphatic rings. The molecule has 0 saturated carbocycles. The molecule has 3 heterocycles. The summed E-state index contributed by atoms with van der Waals surface area (Å²) < 4.78 is 11.6. The molecule has 3 aromatic heterocycles. The maximum Gasteiger partial charge on any atom is 0.143 e. The number of hydrogen-bond donors (Lipinski definition) is 0. The van der Waals surface area contributed by atoms with E-state index < -0.39 is 0 Å². The largest absolute Gasteiger partial charge is 0.455 e. The number of nitrogens with zero attached hydrogens (tertiary/aromatic N) is 2. The van der Waals surface area contributed by atoms with Crippen LogP contribution in [0.15, 0.2) is 235 Å². The van der Waals surface area contributed by atoms with Crippen molar-refractivity contribution in [3.8, 4) is 39.1 Å². The summed E-state index contributed by atoms with van der Waals surface area (Å²) in [4.78, 5) is 2.46. The van der Waals surface area contributed by atoms with Crippen molar-refractivity contribution in [2.45, 2.75) is 0 Å².